The maximum atomic E-state index is 14.4. The van der Waals surface area contributed by atoms with Crippen molar-refractivity contribution in [3.8, 4) is 0 Å². The highest BCUT2D eigenvalue weighted by Crippen LogP contribution is 2.42. The standard InChI is InChI=1S/C23H38ClF4NO3S/c1-3-29(33(30,31)19-10-5-8-17(14-19)23(26,27)28)18-9-4-7-16(13-18)15(2)32-22-20(24)11-6-12-21(22)25/h15-22H,3-14H2,1-2H3. The van der Waals surface area contributed by atoms with Crippen molar-refractivity contribution < 1.29 is 30.7 Å². The van der Waals surface area contributed by atoms with Crippen LogP contribution < -0.4 is 0 Å². The van der Waals surface area contributed by atoms with Crippen molar-refractivity contribution in [2.45, 2.75) is 126 Å². The number of nitrogens with zero attached hydrogens (tertiary/aromatic N) is 1. The Morgan fingerprint density at radius 3 is 2.33 bits per heavy atom. The lowest BCUT2D eigenvalue weighted by atomic mass is 9.82. The highest BCUT2D eigenvalue weighted by molar-refractivity contribution is 7.89. The molecule has 10 heteroatoms. The minimum atomic E-state index is -4.36. The van der Waals surface area contributed by atoms with Gasteiger partial charge >= 0.3 is 6.18 Å². The molecule has 0 amide bonds. The summed E-state index contributed by atoms with van der Waals surface area (Å²) >= 11 is 6.32. The summed E-state index contributed by atoms with van der Waals surface area (Å²) in [5.41, 5.74) is 0. The van der Waals surface area contributed by atoms with Gasteiger partial charge in [0.25, 0.3) is 0 Å². The fourth-order valence-corrected chi connectivity index (χ4v) is 8.69. The highest BCUT2D eigenvalue weighted by Gasteiger charge is 2.47. The first-order valence-electron chi connectivity index (χ1n) is 12.5. The van der Waals surface area contributed by atoms with Crippen molar-refractivity contribution in [3.63, 3.8) is 0 Å². The second kappa shape index (κ2) is 11.3. The average Bonchev–Trinajstić information content (AvgIpc) is 2.76. The number of alkyl halides is 5. The molecule has 0 N–H and O–H groups in total. The molecule has 3 aliphatic carbocycles. The normalized spacial score (nSPS) is 37.8. The molecule has 8 unspecified atom stereocenters. The largest absolute Gasteiger partial charge is 0.391 e. The minimum Gasteiger partial charge on any atom is -0.370 e. The lowest BCUT2D eigenvalue weighted by Crippen LogP contribution is -2.50. The minimum absolute atomic E-state index is 0.000297. The van der Waals surface area contributed by atoms with Gasteiger partial charge in [-0.1, -0.05) is 19.8 Å². The number of hydrogen-bond acceptors (Lipinski definition) is 3. The predicted octanol–water partition coefficient (Wildman–Crippen LogP) is 6.22. The number of hydrogen-bond donors (Lipinski definition) is 0. The number of sulfonamides is 1. The zero-order valence-corrected chi connectivity index (χ0v) is 21.1. The molecule has 0 aliphatic heterocycles. The van der Waals surface area contributed by atoms with E-state index < -0.39 is 39.6 Å². The van der Waals surface area contributed by atoms with Gasteiger partial charge < -0.3 is 4.74 Å². The molecule has 3 saturated carbocycles. The van der Waals surface area contributed by atoms with E-state index in [1.165, 1.54) is 4.31 Å². The summed E-state index contributed by atoms with van der Waals surface area (Å²) < 4.78 is 88.6. The van der Waals surface area contributed by atoms with E-state index in [9.17, 15) is 26.0 Å². The first-order chi connectivity index (χ1) is 15.4. The van der Waals surface area contributed by atoms with Crippen LogP contribution in [0.5, 0.6) is 0 Å². The van der Waals surface area contributed by atoms with Crippen LogP contribution in [0.15, 0.2) is 0 Å². The third kappa shape index (κ3) is 6.56. The Morgan fingerprint density at radius 1 is 1.03 bits per heavy atom. The van der Waals surface area contributed by atoms with Crippen LogP contribution in [-0.4, -0.2) is 60.5 Å². The fraction of sp³-hybridized carbons (Fsp3) is 1.00. The molecule has 0 heterocycles. The SMILES string of the molecule is CCN(C1CCCC(C(C)OC2C(F)CCCC2Cl)C1)S(=O)(=O)C1CCCC(C(F)(F)F)C1. The smallest absolute Gasteiger partial charge is 0.370 e. The van der Waals surface area contributed by atoms with Gasteiger partial charge in [-0.3, -0.25) is 0 Å². The van der Waals surface area contributed by atoms with Gasteiger partial charge in [0.2, 0.25) is 10.0 Å². The number of ether oxygens (including phenoxy) is 1. The Balaban J connectivity index is 1.66. The molecular weight excluding hydrogens is 482 g/mol. The molecule has 3 fully saturated rings. The zero-order valence-electron chi connectivity index (χ0n) is 19.6. The third-order valence-corrected chi connectivity index (χ3v) is 10.9. The van der Waals surface area contributed by atoms with E-state index in [1.54, 1.807) is 6.92 Å². The van der Waals surface area contributed by atoms with Crippen LogP contribution in [0.25, 0.3) is 0 Å². The Hall–Kier alpha value is -0.120. The maximum absolute atomic E-state index is 14.4. The van der Waals surface area contributed by atoms with Gasteiger partial charge in [0.15, 0.2) is 0 Å². The number of halogens is 5. The van der Waals surface area contributed by atoms with Crippen molar-refractivity contribution in [3.05, 3.63) is 0 Å². The molecule has 0 bridgehead atoms. The molecule has 33 heavy (non-hydrogen) atoms. The van der Waals surface area contributed by atoms with Crippen LogP contribution in [0.4, 0.5) is 17.6 Å². The summed E-state index contributed by atoms with van der Waals surface area (Å²) in [6.07, 6.45) is -1.36. The van der Waals surface area contributed by atoms with Crippen molar-refractivity contribution in [1.82, 2.24) is 4.31 Å². The topological polar surface area (TPSA) is 46.6 Å². The van der Waals surface area contributed by atoms with Crippen LogP contribution in [0.3, 0.4) is 0 Å². The lowest BCUT2D eigenvalue weighted by Gasteiger charge is -2.42. The summed E-state index contributed by atoms with van der Waals surface area (Å²) in [7, 11) is -3.85. The second-order valence-corrected chi connectivity index (χ2v) is 12.9. The van der Waals surface area contributed by atoms with Gasteiger partial charge in [-0.05, 0) is 70.6 Å². The van der Waals surface area contributed by atoms with Crippen LogP contribution in [0.2, 0.25) is 0 Å². The Labute approximate surface area is 200 Å². The van der Waals surface area contributed by atoms with Crippen molar-refractivity contribution >= 4 is 21.6 Å². The van der Waals surface area contributed by atoms with E-state index in [0.717, 1.165) is 25.7 Å². The van der Waals surface area contributed by atoms with E-state index >= 15 is 0 Å². The summed E-state index contributed by atoms with van der Waals surface area (Å²) in [4.78, 5) is 0. The molecule has 3 aliphatic rings. The van der Waals surface area contributed by atoms with Crippen LogP contribution in [0, 0.1) is 11.8 Å². The molecule has 0 saturated heterocycles. The monoisotopic (exact) mass is 519 g/mol. The third-order valence-electron chi connectivity index (χ3n) is 7.95. The van der Waals surface area contributed by atoms with E-state index in [2.05, 4.69) is 0 Å². The Kier molecular flexibility index (Phi) is 9.40. The quantitative estimate of drug-likeness (QED) is 0.296. The summed E-state index contributed by atoms with van der Waals surface area (Å²) in [6, 6.07) is -0.268. The Bertz CT molecular complexity index is 728. The van der Waals surface area contributed by atoms with Gasteiger partial charge in [-0.2, -0.15) is 17.5 Å². The molecule has 0 aromatic heterocycles. The molecule has 194 valence electrons. The summed E-state index contributed by atoms with van der Waals surface area (Å²) in [5.74, 6) is -1.50. The van der Waals surface area contributed by atoms with Crippen molar-refractivity contribution in [1.29, 1.82) is 0 Å². The molecule has 4 nitrogen and oxygen atoms in total. The van der Waals surface area contributed by atoms with E-state index in [-0.39, 0.29) is 55.7 Å². The van der Waals surface area contributed by atoms with Crippen LogP contribution >= 0.6 is 11.6 Å². The maximum Gasteiger partial charge on any atom is 0.391 e. The molecular formula is C23H38ClF4NO3S. The fourth-order valence-electron chi connectivity index (χ4n) is 6.03. The molecule has 0 aromatic carbocycles. The first kappa shape index (κ1) is 27.5. The molecule has 8 atom stereocenters. The highest BCUT2D eigenvalue weighted by atomic mass is 35.5. The van der Waals surface area contributed by atoms with Crippen LogP contribution in [0.1, 0.15) is 84.5 Å². The van der Waals surface area contributed by atoms with Gasteiger partial charge in [-0.15, -0.1) is 11.6 Å². The predicted molar refractivity (Wildman–Crippen MR) is 122 cm³/mol. The van der Waals surface area contributed by atoms with Crippen molar-refractivity contribution in [2.24, 2.45) is 11.8 Å². The molecule has 3 rings (SSSR count). The van der Waals surface area contributed by atoms with Gasteiger partial charge in [-0.25, -0.2) is 12.8 Å². The van der Waals surface area contributed by atoms with Gasteiger partial charge in [0, 0.05) is 12.6 Å². The van der Waals surface area contributed by atoms with Crippen LogP contribution in [-0.2, 0) is 14.8 Å². The van der Waals surface area contributed by atoms with E-state index in [4.69, 9.17) is 16.3 Å². The zero-order chi connectivity index (χ0) is 24.4. The summed E-state index contributed by atoms with van der Waals surface area (Å²) in [6.45, 7) is 3.89. The second-order valence-electron chi connectivity index (χ2n) is 10.1. The summed E-state index contributed by atoms with van der Waals surface area (Å²) in [5, 5.41) is -1.35. The molecule has 0 spiro atoms. The van der Waals surface area contributed by atoms with E-state index in [1.807, 2.05) is 6.92 Å². The first-order valence-corrected chi connectivity index (χ1v) is 14.4. The molecule has 0 radical (unpaired) electrons. The molecule has 0 aromatic rings. The van der Waals surface area contributed by atoms with Gasteiger partial charge in [0.1, 0.15) is 12.3 Å². The van der Waals surface area contributed by atoms with Crippen molar-refractivity contribution in [2.75, 3.05) is 6.54 Å². The average molecular weight is 520 g/mol. The van der Waals surface area contributed by atoms with E-state index in [0.29, 0.717) is 19.3 Å². The van der Waals surface area contributed by atoms with Gasteiger partial charge in [0.05, 0.1) is 22.6 Å². The lowest BCUT2D eigenvalue weighted by molar-refractivity contribution is -0.181. The number of rotatable bonds is 7. The Morgan fingerprint density at radius 2 is 1.70 bits per heavy atom.